The number of rotatable bonds is 10. The summed E-state index contributed by atoms with van der Waals surface area (Å²) in [5.74, 6) is -0.594. The van der Waals surface area contributed by atoms with E-state index in [9.17, 15) is 13.6 Å². The smallest absolute Gasteiger partial charge is 0.474 e. The van der Waals surface area contributed by atoms with Crippen LogP contribution in [0.1, 0.15) is 46.5 Å². The van der Waals surface area contributed by atoms with Gasteiger partial charge in [-0.25, -0.2) is 23.5 Å². The highest BCUT2D eigenvalue weighted by atomic mass is 19.1. The number of hydroxylamine groups is 2. The van der Waals surface area contributed by atoms with Gasteiger partial charge < -0.3 is 24.9 Å². The minimum absolute atomic E-state index is 0.0399. The van der Waals surface area contributed by atoms with Crippen LogP contribution in [-0.2, 0) is 9.57 Å². The topological polar surface area (TPSA) is 97.8 Å². The molecule has 1 aliphatic heterocycles. The molecule has 2 aromatic rings. The van der Waals surface area contributed by atoms with Crippen LogP contribution in [0, 0.1) is 11.6 Å². The predicted molar refractivity (Wildman–Crippen MR) is 123 cm³/mol. The van der Waals surface area contributed by atoms with Crippen LogP contribution in [0.25, 0.3) is 0 Å². The summed E-state index contributed by atoms with van der Waals surface area (Å²) >= 11 is 0. The third-order valence-corrected chi connectivity index (χ3v) is 5.03. The number of benzene rings is 1. The van der Waals surface area contributed by atoms with Gasteiger partial charge in [0.05, 0.1) is 17.5 Å². The van der Waals surface area contributed by atoms with Gasteiger partial charge in [-0.1, -0.05) is 13.3 Å². The molecule has 0 bridgehead atoms. The van der Waals surface area contributed by atoms with Crippen LogP contribution in [0.3, 0.4) is 0 Å². The summed E-state index contributed by atoms with van der Waals surface area (Å²) in [6, 6.07) is 3.73. The van der Waals surface area contributed by atoms with Gasteiger partial charge in [0.25, 0.3) is 0 Å². The van der Waals surface area contributed by atoms with Crippen molar-refractivity contribution >= 4 is 23.3 Å². The molecule has 34 heavy (non-hydrogen) atoms. The van der Waals surface area contributed by atoms with Gasteiger partial charge in [-0.05, 0) is 20.3 Å². The fourth-order valence-corrected chi connectivity index (χ4v) is 3.32. The number of nitrogens with zero attached hydrogens (tertiary/aromatic N) is 3. The second-order valence-corrected chi connectivity index (χ2v) is 8.21. The average Bonchev–Trinajstić information content (AvgIpc) is 2.78. The standard InChI is InChI=1S/C23H31F2N5O4/c1-4-5-8-26-19-11-18(25)20(12-17(19)24)29-21-13-22(28-14-27-21)33-16-6-9-30(10-7-16)34-23(31)32-15(2)3/h11-16,26H,4-10H2,1-3H3,(H,27,28,29). The first-order chi connectivity index (χ1) is 16.3. The fraction of sp³-hybridized carbons (Fsp3) is 0.522. The lowest BCUT2D eigenvalue weighted by Gasteiger charge is -2.30. The lowest BCUT2D eigenvalue weighted by molar-refractivity contribution is -0.151. The van der Waals surface area contributed by atoms with Crippen LogP contribution in [0.4, 0.5) is 30.8 Å². The third kappa shape index (κ3) is 7.68. The van der Waals surface area contributed by atoms with Crippen molar-refractivity contribution in [1.29, 1.82) is 0 Å². The second-order valence-electron chi connectivity index (χ2n) is 8.21. The van der Waals surface area contributed by atoms with Crippen molar-refractivity contribution < 1.29 is 27.9 Å². The Hall–Kier alpha value is -3.21. The molecule has 1 aliphatic rings. The van der Waals surface area contributed by atoms with E-state index in [2.05, 4.69) is 20.6 Å². The molecule has 0 spiro atoms. The van der Waals surface area contributed by atoms with E-state index >= 15 is 0 Å². The van der Waals surface area contributed by atoms with Crippen molar-refractivity contribution in [2.45, 2.75) is 58.7 Å². The molecule has 3 rings (SSSR count). The largest absolute Gasteiger partial charge is 0.528 e. The molecular weight excluding hydrogens is 448 g/mol. The summed E-state index contributed by atoms with van der Waals surface area (Å²) in [5, 5.41) is 7.21. The van der Waals surface area contributed by atoms with Gasteiger partial charge in [-0.2, -0.15) is 0 Å². The minimum atomic E-state index is -0.727. The molecule has 1 aromatic heterocycles. The van der Waals surface area contributed by atoms with Gasteiger partial charge >= 0.3 is 6.16 Å². The molecule has 0 saturated carbocycles. The van der Waals surface area contributed by atoms with E-state index in [1.54, 1.807) is 13.8 Å². The van der Waals surface area contributed by atoms with Crippen LogP contribution in [0.15, 0.2) is 24.5 Å². The van der Waals surface area contributed by atoms with Gasteiger partial charge in [0.1, 0.15) is 29.9 Å². The summed E-state index contributed by atoms with van der Waals surface area (Å²) in [7, 11) is 0. The van der Waals surface area contributed by atoms with E-state index in [0.717, 1.165) is 25.0 Å². The Morgan fingerprint density at radius 2 is 1.85 bits per heavy atom. The molecule has 0 radical (unpaired) electrons. The number of nitrogens with one attached hydrogen (secondary N) is 2. The van der Waals surface area contributed by atoms with E-state index < -0.39 is 17.8 Å². The molecule has 11 heteroatoms. The van der Waals surface area contributed by atoms with E-state index in [0.29, 0.717) is 38.4 Å². The number of carbonyl (C=O) groups is 1. The first-order valence-corrected chi connectivity index (χ1v) is 11.5. The zero-order valence-corrected chi connectivity index (χ0v) is 19.6. The van der Waals surface area contributed by atoms with Crippen LogP contribution < -0.4 is 15.4 Å². The highest BCUT2D eigenvalue weighted by Crippen LogP contribution is 2.27. The van der Waals surface area contributed by atoms with Crippen molar-refractivity contribution in [3.8, 4) is 5.88 Å². The Labute approximate surface area is 197 Å². The monoisotopic (exact) mass is 479 g/mol. The Bertz CT molecular complexity index is 955. The number of piperidine rings is 1. The van der Waals surface area contributed by atoms with E-state index in [1.165, 1.54) is 17.5 Å². The van der Waals surface area contributed by atoms with Gasteiger partial charge in [-0.3, -0.25) is 0 Å². The van der Waals surface area contributed by atoms with Crippen molar-refractivity contribution in [1.82, 2.24) is 15.0 Å². The molecule has 0 amide bonds. The van der Waals surface area contributed by atoms with Crippen molar-refractivity contribution in [3.63, 3.8) is 0 Å². The summed E-state index contributed by atoms with van der Waals surface area (Å²) in [6.07, 6.45) is 3.19. The predicted octanol–water partition coefficient (Wildman–Crippen LogP) is 5.03. The lowest BCUT2D eigenvalue weighted by Crippen LogP contribution is -2.40. The molecular formula is C23H31F2N5O4. The van der Waals surface area contributed by atoms with Crippen LogP contribution in [0.5, 0.6) is 5.88 Å². The van der Waals surface area contributed by atoms with Crippen molar-refractivity contribution in [2.24, 2.45) is 0 Å². The quantitative estimate of drug-likeness (QED) is 0.359. The zero-order valence-electron chi connectivity index (χ0n) is 19.6. The first-order valence-electron chi connectivity index (χ1n) is 11.5. The maximum atomic E-state index is 14.5. The van der Waals surface area contributed by atoms with E-state index in [-0.39, 0.29) is 29.4 Å². The van der Waals surface area contributed by atoms with Crippen LogP contribution in [-0.4, -0.2) is 53.0 Å². The van der Waals surface area contributed by atoms with E-state index in [4.69, 9.17) is 14.3 Å². The highest BCUT2D eigenvalue weighted by molar-refractivity contribution is 5.62. The molecule has 0 atom stereocenters. The zero-order chi connectivity index (χ0) is 24.5. The molecule has 0 unspecified atom stereocenters. The SMILES string of the molecule is CCCCNc1cc(F)c(Nc2cc(OC3CCN(OC(=O)OC(C)C)CC3)ncn2)cc1F. The first kappa shape index (κ1) is 25.4. The summed E-state index contributed by atoms with van der Waals surface area (Å²) < 4.78 is 39.7. The molecule has 186 valence electrons. The molecule has 1 fully saturated rings. The van der Waals surface area contributed by atoms with Crippen LogP contribution in [0.2, 0.25) is 0 Å². The number of hydrogen-bond donors (Lipinski definition) is 2. The third-order valence-electron chi connectivity index (χ3n) is 5.03. The average molecular weight is 480 g/mol. The number of unbranched alkanes of at least 4 members (excludes halogenated alkanes) is 1. The van der Waals surface area contributed by atoms with Gasteiger partial charge in [0.2, 0.25) is 5.88 Å². The van der Waals surface area contributed by atoms with Gasteiger partial charge in [-0.15, -0.1) is 5.06 Å². The number of anilines is 3. The molecule has 1 saturated heterocycles. The second kappa shape index (κ2) is 12.3. The number of hydrogen-bond acceptors (Lipinski definition) is 9. The maximum absolute atomic E-state index is 14.5. The highest BCUT2D eigenvalue weighted by Gasteiger charge is 2.24. The summed E-state index contributed by atoms with van der Waals surface area (Å²) in [5.41, 5.74) is 0.0814. The number of halogens is 2. The number of ether oxygens (including phenoxy) is 2. The van der Waals surface area contributed by atoms with Gasteiger partial charge in [0.15, 0.2) is 0 Å². The normalized spacial score (nSPS) is 14.6. The Morgan fingerprint density at radius 1 is 1.15 bits per heavy atom. The Morgan fingerprint density at radius 3 is 2.56 bits per heavy atom. The molecule has 0 aliphatic carbocycles. The lowest BCUT2D eigenvalue weighted by atomic mass is 10.1. The maximum Gasteiger partial charge on any atom is 0.528 e. The molecule has 2 N–H and O–H groups in total. The minimum Gasteiger partial charge on any atom is -0.474 e. The van der Waals surface area contributed by atoms with E-state index in [1.807, 2.05) is 6.92 Å². The summed E-state index contributed by atoms with van der Waals surface area (Å²) in [4.78, 5) is 24.9. The Balaban J connectivity index is 1.54. The van der Waals surface area contributed by atoms with Crippen molar-refractivity contribution in [3.05, 3.63) is 36.2 Å². The van der Waals surface area contributed by atoms with Crippen molar-refractivity contribution in [2.75, 3.05) is 30.3 Å². The number of carbonyl (C=O) groups excluding carboxylic acids is 1. The number of aromatic nitrogens is 2. The fourth-order valence-electron chi connectivity index (χ4n) is 3.32. The van der Waals surface area contributed by atoms with Gasteiger partial charge in [0, 0.05) is 50.7 Å². The molecule has 1 aromatic carbocycles. The Kier molecular flexibility index (Phi) is 9.20. The molecule has 2 heterocycles. The van der Waals surface area contributed by atoms with Crippen LogP contribution >= 0.6 is 0 Å². The summed E-state index contributed by atoms with van der Waals surface area (Å²) in [6.45, 7) is 7.05. The molecule has 9 nitrogen and oxygen atoms in total.